The molecule has 8 aromatic rings. The summed E-state index contributed by atoms with van der Waals surface area (Å²) in [6.45, 7) is 45.7. The number of aromatic nitrogens is 8. The number of aliphatic imine (C=N–C) groups is 2. The highest BCUT2D eigenvalue weighted by Crippen LogP contribution is 2.31. The molecule has 0 fully saturated rings. The third-order valence-corrected chi connectivity index (χ3v) is 12.9. The van der Waals surface area contributed by atoms with Crippen LogP contribution in [0.25, 0.3) is 32.7 Å². The SMILES string of the molecule is CC.CC(C)(C)C1=CC=NC1.CC(C)(C)c1ccc2[nH]ncc2c1.CC(C)(C)c1ccc2c(c1)CN=C2.CC(C)(C)c1cccc2[nH]ncc12.Cn1ncc2cc(C(C)(C)C)ccc21.Cn1nccc1C(C)(C)C. The maximum atomic E-state index is 4.25. The molecule has 6 heterocycles. The fourth-order valence-corrected chi connectivity index (χ4v) is 8.18. The normalized spacial score (nSPS) is 13.1. The summed E-state index contributed by atoms with van der Waals surface area (Å²) in [4.78, 5) is 8.36. The van der Waals surface area contributed by atoms with Crippen LogP contribution in [0.15, 0.2) is 125 Å². The van der Waals surface area contributed by atoms with Gasteiger partial charge in [-0.25, -0.2) is 0 Å². The number of nitrogens with zero attached hydrogens (tertiary/aromatic N) is 8. The average Bonchev–Trinajstić information content (AvgIpc) is 4.18. The zero-order valence-electron chi connectivity index (χ0n) is 49.5. The lowest BCUT2D eigenvalue weighted by Crippen LogP contribution is -2.16. The van der Waals surface area contributed by atoms with Crippen LogP contribution in [0, 0.1) is 5.41 Å². The second kappa shape index (κ2) is 24.7. The molecule has 4 aromatic carbocycles. The van der Waals surface area contributed by atoms with Crippen LogP contribution in [-0.4, -0.2) is 58.9 Å². The predicted octanol–water partition coefficient (Wildman–Crippen LogP) is 16.3. The summed E-state index contributed by atoms with van der Waals surface area (Å²) < 4.78 is 3.82. The lowest BCUT2D eigenvalue weighted by Gasteiger charge is -2.19. The van der Waals surface area contributed by atoms with Crippen LogP contribution >= 0.6 is 0 Å². The minimum absolute atomic E-state index is 0.184. The smallest absolute Gasteiger partial charge is 0.0679 e. The summed E-state index contributed by atoms with van der Waals surface area (Å²) in [5.74, 6) is 0. The van der Waals surface area contributed by atoms with Crippen molar-refractivity contribution in [3.8, 4) is 0 Å². The van der Waals surface area contributed by atoms with Crippen LogP contribution in [0.1, 0.15) is 178 Å². The van der Waals surface area contributed by atoms with Crippen molar-refractivity contribution < 1.29 is 0 Å². The number of fused-ring (bicyclic) bond motifs is 4. The third kappa shape index (κ3) is 17.1. The average molecular weight is 1000 g/mol. The van der Waals surface area contributed by atoms with Gasteiger partial charge in [0, 0.05) is 60.0 Å². The van der Waals surface area contributed by atoms with E-state index in [1.54, 1.807) is 0 Å². The molecular formula is C64H92N10. The maximum Gasteiger partial charge on any atom is 0.0679 e. The van der Waals surface area contributed by atoms with Crippen molar-refractivity contribution in [2.45, 2.75) is 172 Å². The lowest BCUT2D eigenvalue weighted by atomic mass is 9.85. The van der Waals surface area contributed by atoms with Crippen LogP contribution < -0.4 is 0 Å². The molecule has 0 aliphatic carbocycles. The Morgan fingerprint density at radius 1 is 0.486 bits per heavy atom. The summed E-state index contributed by atoms with van der Waals surface area (Å²) in [6, 6.07) is 28.0. The van der Waals surface area contributed by atoms with E-state index in [0.29, 0.717) is 5.41 Å². The van der Waals surface area contributed by atoms with E-state index < -0.39 is 0 Å². The van der Waals surface area contributed by atoms with E-state index in [9.17, 15) is 0 Å². The second-order valence-corrected chi connectivity index (χ2v) is 25.3. The van der Waals surface area contributed by atoms with Gasteiger partial charge >= 0.3 is 0 Å². The van der Waals surface area contributed by atoms with Crippen molar-refractivity contribution in [1.29, 1.82) is 0 Å². The monoisotopic (exact) mass is 1000 g/mol. The molecular weight excluding hydrogens is 909 g/mol. The van der Waals surface area contributed by atoms with Gasteiger partial charge in [-0.15, -0.1) is 0 Å². The van der Waals surface area contributed by atoms with Crippen molar-refractivity contribution in [2.75, 3.05) is 6.54 Å². The highest BCUT2D eigenvalue weighted by atomic mass is 15.3. The Balaban J connectivity index is 0.000000192. The van der Waals surface area contributed by atoms with Gasteiger partial charge in [0.15, 0.2) is 0 Å². The Hall–Kier alpha value is -6.42. The summed E-state index contributed by atoms with van der Waals surface area (Å²) in [5.41, 5.74) is 15.6. The molecule has 10 rings (SSSR count). The van der Waals surface area contributed by atoms with Gasteiger partial charge in [-0.2, -0.15) is 20.4 Å². The van der Waals surface area contributed by atoms with E-state index in [2.05, 4.69) is 250 Å². The molecule has 0 atom stereocenters. The molecule has 0 bridgehead atoms. The maximum absolute atomic E-state index is 4.25. The summed E-state index contributed by atoms with van der Waals surface area (Å²) in [6.07, 6.45) is 13.5. The lowest BCUT2D eigenvalue weighted by molar-refractivity contribution is 0.499. The first-order chi connectivity index (χ1) is 34.3. The first-order valence-corrected chi connectivity index (χ1v) is 26.4. The largest absolute Gasteiger partial charge is 0.289 e. The molecule has 0 amide bonds. The van der Waals surface area contributed by atoms with Gasteiger partial charge in [0.1, 0.15) is 0 Å². The van der Waals surface area contributed by atoms with E-state index in [-0.39, 0.29) is 27.1 Å². The molecule has 10 heteroatoms. The minimum atomic E-state index is 0.184. The molecule has 0 saturated carbocycles. The highest BCUT2D eigenvalue weighted by Gasteiger charge is 2.20. The molecule has 398 valence electrons. The number of hydrogen-bond donors (Lipinski definition) is 2. The molecule has 74 heavy (non-hydrogen) atoms. The second-order valence-electron chi connectivity index (χ2n) is 25.3. The molecule has 2 aliphatic heterocycles. The Kier molecular flexibility index (Phi) is 20.1. The molecule has 2 aliphatic rings. The Bertz CT molecular complexity index is 3100. The van der Waals surface area contributed by atoms with Crippen molar-refractivity contribution in [3.63, 3.8) is 0 Å². The van der Waals surface area contributed by atoms with Crippen LogP contribution in [0.2, 0.25) is 0 Å². The number of hydrogen-bond acceptors (Lipinski definition) is 6. The van der Waals surface area contributed by atoms with Crippen LogP contribution in [-0.2, 0) is 47.7 Å². The molecule has 0 saturated heterocycles. The van der Waals surface area contributed by atoms with Crippen molar-refractivity contribution in [1.82, 2.24) is 40.0 Å². The molecule has 0 radical (unpaired) electrons. The van der Waals surface area contributed by atoms with E-state index in [1.807, 2.05) is 74.5 Å². The van der Waals surface area contributed by atoms with Crippen molar-refractivity contribution >= 4 is 45.1 Å². The van der Waals surface area contributed by atoms with Gasteiger partial charge in [0.25, 0.3) is 0 Å². The number of aryl methyl sites for hydroxylation is 2. The fourth-order valence-electron chi connectivity index (χ4n) is 8.18. The van der Waals surface area contributed by atoms with Crippen LogP contribution in [0.5, 0.6) is 0 Å². The molecule has 0 unspecified atom stereocenters. The number of H-pyrrole nitrogens is 2. The fraction of sp³-hybridized carbons (Fsp3) is 0.469. The molecule has 10 nitrogen and oxygen atoms in total. The molecule has 2 N–H and O–H groups in total. The van der Waals surface area contributed by atoms with E-state index in [4.69, 9.17) is 0 Å². The zero-order valence-corrected chi connectivity index (χ0v) is 49.5. The van der Waals surface area contributed by atoms with Gasteiger partial charge < -0.3 is 0 Å². The number of benzene rings is 4. The van der Waals surface area contributed by atoms with Gasteiger partial charge in [-0.05, 0) is 109 Å². The third-order valence-electron chi connectivity index (χ3n) is 12.9. The standard InChI is InChI=1S/C12H16N2.C12H15N.2C11H14N2.C8H14N2.C8H13N.C2H6/c1-12(2,3)10-5-6-11-9(7-10)8-13-14(11)4;1-12(2,3)11-5-4-9-7-13-8-10(9)6-11;1-11(2,3)9-4-5-10-8(6-9)7-12-13-10;1-11(2,3)9-5-4-6-10-8(9)7-12-13-10;1-8(2,3)7-5-6-9-10(7)4;1-8(2,3)7-4-5-9-6-7;1-2/h5-8H,1-4H3;4-7H,8H2,1-3H3;2*4-7H,1-3H3,(H,12,13);5-6H,1-4H3;4-5H,6H2,1-3H3;1-2H3. The van der Waals surface area contributed by atoms with Crippen molar-refractivity contribution in [3.05, 3.63) is 154 Å². The number of allylic oxidation sites excluding steroid dienone is 1. The number of rotatable bonds is 0. The summed E-state index contributed by atoms with van der Waals surface area (Å²) in [5, 5.41) is 26.0. The topological polar surface area (TPSA) is 118 Å². The highest BCUT2D eigenvalue weighted by molar-refractivity contribution is 5.85. The summed E-state index contributed by atoms with van der Waals surface area (Å²) >= 11 is 0. The number of nitrogens with one attached hydrogen (secondary N) is 2. The Morgan fingerprint density at radius 2 is 1.07 bits per heavy atom. The van der Waals surface area contributed by atoms with Crippen molar-refractivity contribution in [2.24, 2.45) is 29.5 Å². The molecule has 4 aromatic heterocycles. The first kappa shape index (κ1) is 60.1. The van der Waals surface area contributed by atoms with E-state index in [0.717, 1.165) is 24.1 Å². The van der Waals surface area contributed by atoms with E-state index >= 15 is 0 Å². The molecule has 0 spiro atoms. The van der Waals surface area contributed by atoms with Crippen LogP contribution in [0.3, 0.4) is 0 Å². The van der Waals surface area contributed by atoms with Gasteiger partial charge in [-0.1, -0.05) is 181 Å². The number of aromatic amines is 2. The summed E-state index contributed by atoms with van der Waals surface area (Å²) in [7, 11) is 3.94. The van der Waals surface area contributed by atoms with Gasteiger partial charge in [-0.3, -0.25) is 29.5 Å². The zero-order chi connectivity index (χ0) is 55.5. The first-order valence-electron chi connectivity index (χ1n) is 26.4. The minimum Gasteiger partial charge on any atom is -0.289 e. The van der Waals surface area contributed by atoms with Crippen LogP contribution in [0.4, 0.5) is 0 Å². The quantitative estimate of drug-likeness (QED) is 0.157. The van der Waals surface area contributed by atoms with Gasteiger partial charge in [0.05, 0.1) is 48.2 Å². The predicted molar refractivity (Wildman–Crippen MR) is 320 cm³/mol. The van der Waals surface area contributed by atoms with E-state index in [1.165, 1.54) is 66.3 Å². The Morgan fingerprint density at radius 3 is 1.59 bits per heavy atom. The Labute approximate surface area is 445 Å². The van der Waals surface area contributed by atoms with Gasteiger partial charge in [0.2, 0.25) is 0 Å².